The van der Waals surface area contributed by atoms with Gasteiger partial charge in [-0.05, 0) is 43.2 Å². The number of ether oxygens (including phenoxy) is 2. The number of hydrogen-bond donors (Lipinski definition) is 0. The van der Waals surface area contributed by atoms with Crippen LogP contribution in [0.15, 0.2) is 77.2 Å². The van der Waals surface area contributed by atoms with Crippen molar-refractivity contribution in [3.8, 4) is 5.69 Å². The van der Waals surface area contributed by atoms with Gasteiger partial charge in [0.2, 0.25) is 5.16 Å². The number of methoxy groups -OCH3 is 2. The smallest absolute Gasteiger partial charge is 0.341 e. The van der Waals surface area contributed by atoms with Crippen molar-refractivity contribution in [2.75, 3.05) is 14.2 Å². The van der Waals surface area contributed by atoms with Crippen LogP contribution < -0.4 is 0 Å². The number of benzene rings is 2. The van der Waals surface area contributed by atoms with Crippen LogP contribution in [0.2, 0.25) is 0 Å². The number of carbonyl (C=O) groups excluding carboxylic acids is 1. The lowest BCUT2D eigenvalue weighted by atomic mass is 10.0. The van der Waals surface area contributed by atoms with E-state index in [1.165, 1.54) is 44.0 Å². The van der Waals surface area contributed by atoms with Crippen LogP contribution in [0.5, 0.6) is 0 Å². The number of fused-ring (bicyclic) bond motifs is 1. The molecule has 3 heterocycles. The summed E-state index contributed by atoms with van der Waals surface area (Å²) in [5.74, 6) is 1.93. The highest BCUT2D eigenvalue weighted by Gasteiger charge is 2.20. The predicted molar refractivity (Wildman–Crippen MR) is 154 cm³/mol. The molecule has 2 aromatic carbocycles. The maximum absolute atomic E-state index is 12.4. The second-order valence-corrected chi connectivity index (χ2v) is 10.6. The zero-order valence-corrected chi connectivity index (χ0v) is 24.1. The number of esters is 1. The average Bonchev–Trinajstić information content (AvgIpc) is 3.58. The Kier molecular flexibility index (Phi) is 8.46. The monoisotopic (exact) mass is 573 g/mol. The Hall–Kier alpha value is -4.16. The van der Waals surface area contributed by atoms with E-state index in [4.69, 9.17) is 9.47 Å². The van der Waals surface area contributed by atoms with Crippen molar-refractivity contribution >= 4 is 40.8 Å². The fourth-order valence-corrected chi connectivity index (χ4v) is 5.87. The molecule has 0 spiro atoms. The van der Waals surface area contributed by atoms with Crippen LogP contribution in [0.25, 0.3) is 17.0 Å². The SMILES string of the molecule is CO/C=C(/C(=O)OC)c1ccccc1CSc1nnc(CSc2nc3nc(C)cc(C)n3n2)n1-c1ccccc1. The van der Waals surface area contributed by atoms with Crippen molar-refractivity contribution in [1.82, 2.24) is 34.3 Å². The summed E-state index contributed by atoms with van der Waals surface area (Å²) in [4.78, 5) is 21.5. The van der Waals surface area contributed by atoms with E-state index in [2.05, 4.69) is 25.3 Å². The zero-order valence-electron chi connectivity index (χ0n) is 22.4. The van der Waals surface area contributed by atoms with Gasteiger partial charge in [-0.15, -0.1) is 15.3 Å². The minimum absolute atomic E-state index is 0.350. The lowest BCUT2D eigenvalue weighted by Crippen LogP contribution is -2.07. The molecule has 0 fully saturated rings. The number of nitrogens with zero attached hydrogens (tertiary/aromatic N) is 7. The van der Waals surface area contributed by atoms with E-state index in [9.17, 15) is 4.79 Å². The van der Waals surface area contributed by atoms with Crippen molar-refractivity contribution < 1.29 is 14.3 Å². The number of para-hydroxylation sites is 1. The van der Waals surface area contributed by atoms with E-state index in [0.717, 1.165) is 39.2 Å². The zero-order chi connectivity index (χ0) is 28.1. The third-order valence-corrected chi connectivity index (χ3v) is 7.76. The van der Waals surface area contributed by atoms with Crippen LogP contribution in [0.4, 0.5) is 0 Å². The van der Waals surface area contributed by atoms with Gasteiger partial charge >= 0.3 is 5.97 Å². The van der Waals surface area contributed by atoms with Crippen LogP contribution >= 0.6 is 23.5 Å². The summed E-state index contributed by atoms with van der Waals surface area (Å²) in [7, 11) is 2.86. The molecule has 0 unspecified atom stereocenters. The molecule has 204 valence electrons. The third kappa shape index (κ3) is 5.87. The van der Waals surface area contributed by atoms with Gasteiger partial charge in [-0.2, -0.15) is 4.98 Å². The van der Waals surface area contributed by atoms with Crippen LogP contribution in [0.3, 0.4) is 0 Å². The van der Waals surface area contributed by atoms with E-state index < -0.39 is 5.97 Å². The first-order valence-electron chi connectivity index (χ1n) is 12.3. The van der Waals surface area contributed by atoms with Crippen LogP contribution in [0, 0.1) is 13.8 Å². The van der Waals surface area contributed by atoms with Gasteiger partial charge < -0.3 is 9.47 Å². The molecule has 0 radical (unpaired) electrons. The summed E-state index contributed by atoms with van der Waals surface area (Å²) in [5.41, 5.74) is 4.85. The summed E-state index contributed by atoms with van der Waals surface area (Å²) < 4.78 is 13.9. The molecular formula is C28H27N7O3S2. The molecule has 10 nitrogen and oxygen atoms in total. The van der Waals surface area contributed by atoms with Gasteiger partial charge in [0.15, 0.2) is 5.16 Å². The standard InChI is InChI=1S/C28H27N7O3S2/c1-18-14-19(2)35-26(29-18)30-27(33-35)39-17-24-31-32-28(34(24)21-11-6-5-7-12-21)40-16-20-10-8-9-13-22(20)23(15-37-3)25(36)38-4/h5-15H,16-17H2,1-4H3/b23-15+. The molecule has 5 aromatic rings. The van der Waals surface area contributed by atoms with Crippen LogP contribution in [-0.2, 0) is 25.8 Å². The van der Waals surface area contributed by atoms with Gasteiger partial charge in [0.05, 0.1) is 26.2 Å². The lowest BCUT2D eigenvalue weighted by molar-refractivity contribution is -0.133. The maximum Gasteiger partial charge on any atom is 0.341 e. The number of thioether (sulfide) groups is 2. The van der Waals surface area contributed by atoms with Crippen molar-refractivity contribution in [3.05, 3.63) is 95.3 Å². The molecule has 0 saturated carbocycles. The highest BCUT2D eigenvalue weighted by molar-refractivity contribution is 7.98. The van der Waals surface area contributed by atoms with E-state index >= 15 is 0 Å². The van der Waals surface area contributed by atoms with Crippen molar-refractivity contribution in [1.29, 1.82) is 0 Å². The highest BCUT2D eigenvalue weighted by Crippen LogP contribution is 2.31. The molecule has 0 atom stereocenters. The van der Waals surface area contributed by atoms with Gasteiger partial charge in [0.1, 0.15) is 11.4 Å². The van der Waals surface area contributed by atoms with Gasteiger partial charge in [-0.3, -0.25) is 4.57 Å². The molecule has 5 rings (SSSR count). The molecule has 0 bridgehead atoms. The molecule has 3 aromatic heterocycles. The first-order valence-corrected chi connectivity index (χ1v) is 14.3. The van der Waals surface area contributed by atoms with Gasteiger partial charge in [0.25, 0.3) is 5.78 Å². The first-order chi connectivity index (χ1) is 19.5. The molecule has 12 heteroatoms. The maximum atomic E-state index is 12.4. The summed E-state index contributed by atoms with van der Waals surface area (Å²) in [5, 5.41) is 15.0. The summed E-state index contributed by atoms with van der Waals surface area (Å²) in [6.07, 6.45) is 1.41. The Bertz CT molecular complexity index is 1680. The number of carbonyl (C=O) groups is 1. The van der Waals surface area contributed by atoms with E-state index in [1.54, 1.807) is 4.52 Å². The third-order valence-electron chi connectivity index (χ3n) is 5.95. The molecule has 0 aliphatic carbocycles. The quantitative estimate of drug-likeness (QED) is 0.0972. The Labute approximate surface area is 239 Å². The minimum Gasteiger partial charge on any atom is -0.503 e. The number of hydrogen-bond acceptors (Lipinski definition) is 10. The summed E-state index contributed by atoms with van der Waals surface area (Å²) >= 11 is 3.01. The number of aromatic nitrogens is 7. The fraction of sp³-hybridized carbons (Fsp3) is 0.214. The van der Waals surface area contributed by atoms with Crippen molar-refractivity contribution in [2.24, 2.45) is 0 Å². The second kappa shape index (κ2) is 12.3. The Morgan fingerprint density at radius 2 is 1.73 bits per heavy atom. The molecule has 0 amide bonds. The highest BCUT2D eigenvalue weighted by atomic mass is 32.2. The first kappa shape index (κ1) is 27.4. The Morgan fingerprint density at radius 1 is 0.950 bits per heavy atom. The van der Waals surface area contributed by atoms with E-state index in [1.807, 2.05) is 79.1 Å². The van der Waals surface area contributed by atoms with Crippen LogP contribution in [-0.4, -0.2) is 54.5 Å². The fourth-order valence-electron chi connectivity index (χ4n) is 4.16. The molecule has 0 N–H and O–H groups in total. The van der Waals surface area contributed by atoms with E-state index in [-0.39, 0.29) is 0 Å². The van der Waals surface area contributed by atoms with Gasteiger partial charge in [-0.1, -0.05) is 66.0 Å². The predicted octanol–water partition coefficient (Wildman–Crippen LogP) is 5.07. The molecule has 40 heavy (non-hydrogen) atoms. The summed E-state index contributed by atoms with van der Waals surface area (Å²) in [6, 6.07) is 19.6. The molecule has 0 saturated heterocycles. The van der Waals surface area contributed by atoms with E-state index in [0.29, 0.717) is 28.0 Å². The molecular weight excluding hydrogens is 546 g/mol. The normalized spacial score (nSPS) is 11.7. The molecule has 0 aliphatic heterocycles. The van der Waals surface area contributed by atoms with Crippen molar-refractivity contribution in [3.63, 3.8) is 0 Å². The second-order valence-electron chi connectivity index (χ2n) is 8.71. The topological polar surface area (TPSA) is 109 Å². The Balaban J connectivity index is 1.42. The Morgan fingerprint density at radius 3 is 2.50 bits per heavy atom. The number of rotatable bonds is 10. The van der Waals surface area contributed by atoms with Crippen molar-refractivity contribution in [2.45, 2.75) is 35.7 Å². The van der Waals surface area contributed by atoms with Gasteiger partial charge in [-0.25, -0.2) is 14.3 Å². The average molecular weight is 574 g/mol. The molecule has 0 aliphatic rings. The lowest BCUT2D eigenvalue weighted by Gasteiger charge is -2.12. The summed E-state index contributed by atoms with van der Waals surface area (Å²) in [6.45, 7) is 3.93. The van der Waals surface area contributed by atoms with Gasteiger partial charge in [0, 0.05) is 22.8 Å². The number of aryl methyl sites for hydroxylation is 2. The largest absolute Gasteiger partial charge is 0.503 e. The minimum atomic E-state index is -0.466. The van der Waals surface area contributed by atoms with Crippen LogP contribution in [0.1, 0.15) is 28.3 Å².